The molecule has 1 saturated heterocycles. The second-order valence-electron chi connectivity index (χ2n) is 6.55. The van der Waals surface area contributed by atoms with Gasteiger partial charge >= 0.3 is 0 Å². The Kier molecular flexibility index (Phi) is 5.16. The molecule has 0 N–H and O–H groups in total. The number of hydrogen-bond acceptors (Lipinski definition) is 5. The number of pyridine rings is 1. The number of nitrogens with zero attached hydrogens (tertiary/aromatic N) is 3. The summed E-state index contributed by atoms with van der Waals surface area (Å²) in [7, 11) is 1.66. The highest BCUT2D eigenvalue weighted by Crippen LogP contribution is 2.33. The molecule has 27 heavy (non-hydrogen) atoms. The third-order valence-corrected chi connectivity index (χ3v) is 5.76. The molecule has 3 heterocycles. The molecule has 4 rings (SSSR count). The van der Waals surface area contributed by atoms with E-state index in [4.69, 9.17) is 4.74 Å². The number of hydrogen-bond donors (Lipinski definition) is 0. The number of rotatable bonds is 5. The van der Waals surface area contributed by atoms with Gasteiger partial charge in [-0.15, -0.1) is 11.3 Å². The lowest BCUT2D eigenvalue weighted by molar-refractivity contribution is -0.131. The van der Waals surface area contributed by atoms with Crippen molar-refractivity contribution in [1.29, 1.82) is 0 Å². The van der Waals surface area contributed by atoms with Gasteiger partial charge in [-0.1, -0.05) is 18.2 Å². The topological polar surface area (TPSA) is 55.3 Å². The maximum Gasteiger partial charge on any atom is 0.229 e. The fraction of sp³-hybridized carbons (Fsp3) is 0.286. The number of benzene rings is 1. The number of ether oxygens (including phenoxy) is 1. The second-order valence-corrected chi connectivity index (χ2v) is 7.41. The summed E-state index contributed by atoms with van der Waals surface area (Å²) in [6.07, 6.45) is 4.11. The zero-order chi connectivity index (χ0) is 18.6. The lowest BCUT2D eigenvalue weighted by Crippen LogP contribution is -2.31. The summed E-state index contributed by atoms with van der Waals surface area (Å²) in [5.74, 6) is 0.963. The van der Waals surface area contributed by atoms with Crippen molar-refractivity contribution in [1.82, 2.24) is 14.9 Å². The number of carbonyl (C=O) groups is 1. The molecule has 5 nitrogen and oxygen atoms in total. The first-order valence-corrected chi connectivity index (χ1v) is 9.92. The highest BCUT2D eigenvalue weighted by molar-refractivity contribution is 7.13. The van der Waals surface area contributed by atoms with Crippen LogP contribution in [0, 0.1) is 0 Å². The number of amides is 1. The zero-order valence-electron chi connectivity index (χ0n) is 15.2. The van der Waals surface area contributed by atoms with Gasteiger partial charge in [0, 0.05) is 18.1 Å². The molecule has 0 saturated carbocycles. The summed E-state index contributed by atoms with van der Waals surface area (Å²) >= 11 is 1.53. The third kappa shape index (κ3) is 3.85. The standard InChI is InChI=1S/C21H21N3O2S/c1-26-17-9-7-15(8-10-17)19-6-4-12-24(19)20(25)13-16-14-27-21(23-16)18-5-2-3-11-22-18/h2-3,5,7-11,14,19H,4,6,12-13H2,1H3. The Morgan fingerprint density at radius 2 is 2.11 bits per heavy atom. The van der Waals surface area contributed by atoms with Gasteiger partial charge in [-0.2, -0.15) is 0 Å². The van der Waals surface area contributed by atoms with Crippen LogP contribution in [0.5, 0.6) is 5.75 Å². The number of methoxy groups -OCH3 is 1. The first-order valence-electron chi connectivity index (χ1n) is 9.04. The Morgan fingerprint density at radius 1 is 1.26 bits per heavy atom. The molecule has 0 bridgehead atoms. The maximum absolute atomic E-state index is 12.9. The third-order valence-electron chi connectivity index (χ3n) is 4.84. The van der Waals surface area contributed by atoms with E-state index in [1.165, 1.54) is 11.3 Å². The Balaban J connectivity index is 1.46. The zero-order valence-corrected chi connectivity index (χ0v) is 16.0. The minimum absolute atomic E-state index is 0.131. The molecule has 6 heteroatoms. The van der Waals surface area contributed by atoms with Crippen molar-refractivity contribution in [2.75, 3.05) is 13.7 Å². The van der Waals surface area contributed by atoms with E-state index >= 15 is 0 Å². The van der Waals surface area contributed by atoms with E-state index in [0.29, 0.717) is 6.42 Å². The first kappa shape index (κ1) is 17.7. The summed E-state index contributed by atoms with van der Waals surface area (Å²) in [6, 6.07) is 13.9. The van der Waals surface area contributed by atoms with E-state index in [2.05, 4.69) is 22.1 Å². The van der Waals surface area contributed by atoms with Crippen molar-refractivity contribution in [3.05, 3.63) is 65.3 Å². The Morgan fingerprint density at radius 3 is 2.85 bits per heavy atom. The molecule has 138 valence electrons. The molecule has 2 aromatic heterocycles. The van der Waals surface area contributed by atoms with Gasteiger partial charge in [0.05, 0.1) is 31.0 Å². The number of aromatic nitrogens is 2. The van der Waals surface area contributed by atoms with Gasteiger partial charge in [0.15, 0.2) is 0 Å². The van der Waals surface area contributed by atoms with Gasteiger partial charge in [-0.05, 0) is 42.7 Å². The molecule has 1 atom stereocenters. The average Bonchev–Trinajstić information content (AvgIpc) is 3.38. The van der Waals surface area contributed by atoms with Crippen LogP contribution in [0.2, 0.25) is 0 Å². The lowest BCUT2D eigenvalue weighted by atomic mass is 10.0. The molecule has 1 amide bonds. The van der Waals surface area contributed by atoms with Crippen molar-refractivity contribution >= 4 is 17.2 Å². The van der Waals surface area contributed by atoms with Gasteiger partial charge < -0.3 is 9.64 Å². The van der Waals surface area contributed by atoms with E-state index in [9.17, 15) is 4.79 Å². The van der Waals surface area contributed by atoms with Crippen LogP contribution < -0.4 is 4.74 Å². The van der Waals surface area contributed by atoms with E-state index in [1.807, 2.05) is 40.6 Å². The van der Waals surface area contributed by atoms with Crippen LogP contribution in [0.4, 0.5) is 0 Å². The summed E-state index contributed by atoms with van der Waals surface area (Å²) in [4.78, 5) is 23.8. The minimum atomic E-state index is 0.131. The predicted octanol–water partition coefficient (Wildman–Crippen LogP) is 4.12. The van der Waals surface area contributed by atoms with E-state index in [-0.39, 0.29) is 11.9 Å². The van der Waals surface area contributed by atoms with Gasteiger partial charge in [-0.25, -0.2) is 4.98 Å². The number of thiazole rings is 1. The Labute approximate surface area is 162 Å². The first-order chi connectivity index (χ1) is 13.2. The molecule has 1 aliphatic heterocycles. The molecule has 3 aromatic rings. The molecule has 1 unspecified atom stereocenters. The van der Waals surface area contributed by atoms with Gasteiger partial charge in [0.2, 0.25) is 5.91 Å². The fourth-order valence-electron chi connectivity index (χ4n) is 3.49. The molecule has 0 spiro atoms. The average molecular weight is 379 g/mol. The molecular formula is C21H21N3O2S. The molecular weight excluding hydrogens is 358 g/mol. The van der Waals surface area contributed by atoms with Crippen LogP contribution in [0.3, 0.4) is 0 Å². The van der Waals surface area contributed by atoms with Crippen molar-refractivity contribution in [2.24, 2.45) is 0 Å². The van der Waals surface area contributed by atoms with Gasteiger partial charge in [0.25, 0.3) is 0 Å². The van der Waals surface area contributed by atoms with Crippen molar-refractivity contribution in [2.45, 2.75) is 25.3 Å². The highest BCUT2D eigenvalue weighted by atomic mass is 32.1. The van der Waals surface area contributed by atoms with Gasteiger partial charge in [-0.3, -0.25) is 9.78 Å². The van der Waals surface area contributed by atoms with Crippen LogP contribution in [0.25, 0.3) is 10.7 Å². The van der Waals surface area contributed by atoms with Crippen LogP contribution >= 0.6 is 11.3 Å². The van der Waals surface area contributed by atoms with Gasteiger partial charge in [0.1, 0.15) is 10.8 Å². The van der Waals surface area contributed by atoms with Crippen LogP contribution in [-0.4, -0.2) is 34.4 Å². The van der Waals surface area contributed by atoms with Crippen LogP contribution in [-0.2, 0) is 11.2 Å². The lowest BCUT2D eigenvalue weighted by Gasteiger charge is -2.25. The highest BCUT2D eigenvalue weighted by Gasteiger charge is 2.30. The molecule has 1 fully saturated rings. The van der Waals surface area contributed by atoms with Crippen molar-refractivity contribution in [3.8, 4) is 16.5 Å². The molecule has 1 aromatic carbocycles. The summed E-state index contributed by atoms with van der Waals surface area (Å²) in [6.45, 7) is 0.798. The second kappa shape index (κ2) is 7.88. The summed E-state index contributed by atoms with van der Waals surface area (Å²) in [5, 5.41) is 2.81. The molecule has 0 aliphatic carbocycles. The monoisotopic (exact) mass is 379 g/mol. The molecule has 0 radical (unpaired) electrons. The fourth-order valence-corrected chi connectivity index (χ4v) is 4.28. The Bertz CT molecular complexity index is 909. The van der Waals surface area contributed by atoms with E-state index in [0.717, 1.165) is 47.1 Å². The SMILES string of the molecule is COc1ccc(C2CCCN2C(=O)Cc2csc(-c3ccccn3)n2)cc1. The summed E-state index contributed by atoms with van der Waals surface area (Å²) < 4.78 is 5.23. The summed E-state index contributed by atoms with van der Waals surface area (Å²) in [5.41, 5.74) is 2.82. The quantitative estimate of drug-likeness (QED) is 0.669. The normalized spacial score (nSPS) is 16.5. The minimum Gasteiger partial charge on any atom is -0.497 e. The largest absolute Gasteiger partial charge is 0.497 e. The molecule has 1 aliphatic rings. The number of carbonyl (C=O) groups excluding carboxylic acids is 1. The Hall–Kier alpha value is -2.73. The van der Waals surface area contributed by atoms with Crippen molar-refractivity contribution in [3.63, 3.8) is 0 Å². The smallest absolute Gasteiger partial charge is 0.229 e. The van der Waals surface area contributed by atoms with Crippen LogP contribution in [0.1, 0.15) is 30.1 Å². The van der Waals surface area contributed by atoms with E-state index < -0.39 is 0 Å². The van der Waals surface area contributed by atoms with Crippen molar-refractivity contribution < 1.29 is 9.53 Å². The number of likely N-dealkylation sites (tertiary alicyclic amines) is 1. The van der Waals surface area contributed by atoms with Crippen LogP contribution in [0.15, 0.2) is 54.0 Å². The maximum atomic E-state index is 12.9. The van der Waals surface area contributed by atoms with E-state index in [1.54, 1.807) is 13.3 Å². The predicted molar refractivity (Wildman–Crippen MR) is 106 cm³/mol.